The molecule has 0 saturated carbocycles. The summed E-state index contributed by atoms with van der Waals surface area (Å²) in [6.07, 6.45) is 1.52. The van der Waals surface area contributed by atoms with Gasteiger partial charge in [0.2, 0.25) is 0 Å². The third-order valence-electron chi connectivity index (χ3n) is 3.53. The van der Waals surface area contributed by atoms with Gasteiger partial charge in [-0.2, -0.15) is 13.5 Å². The van der Waals surface area contributed by atoms with E-state index in [1.54, 1.807) is 24.3 Å². The van der Waals surface area contributed by atoms with Crippen LogP contribution in [0.2, 0.25) is 0 Å². The number of aryl methyl sites for hydroxylation is 1. The molecule has 1 N–H and O–H groups in total. The second-order valence-electron chi connectivity index (χ2n) is 5.23. The zero-order chi connectivity index (χ0) is 16.3. The number of sulfonamides is 1. The van der Waals surface area contributed by atoms with Gasteiger partial charge >= 0.3 is 0 Å². The topological polar surface area (TPSA) is 58.5 Å². The minimum atomic E-state index is -3.65. The largest absolute Gasteiger partial charge is 0.276 e. The van der Waals surface area contributed by atoms with Gasteiger partial charge < -0.3 is 0 Å². The van der Waals surface area contributed by atoms with Crippen LogP contribution >= 0.6 is 0 Å². The predicted octanol–water partition coefficient (Wildman–Crippen LogP) is 3.46. The van der Waals surface area contributed by atoms with E-state index in [4.69, 9.17) is 0 Å². The van der Waals surface area contributed by atoms with E-state index >= 15 is 0 Å². The third kappa shape index (κ3) is 3.40. The number of fused-ring (bicyclic) bond motifs is 1. The molecule has 4 nitrogen and oxygen atoms in total. The molecule has 3 rings (SSSR count). The summed E-state index contributed by atoms with van der Waals surface area (Å²) in [4.78, 5) is 2.44. The summed E-state index contributed by atoms with van der Waals surface area (Å²) in [5.41, 5.74) is 1.86. The number of nitrogens with zero attached hydrogens (tertiary/aromatic N) is 1. The van der Waals surface area contributed by atoms with Crippen LogP contribution in [-0.4, -0.2) is 14.6 Å². The highest BCUT2D eigenvalue weighted by Crippen LogP contribution is 2.17. The Kier molecular flexibility index (Phi) is 4.12. The molecule has 0 atom stereocenters. The van der Waals surface area contributed by atoms with Crippen molar-refractivity contribution in [2.75, 3.05) is 0 Å². The number of benzene rings is 3. The van der Waals surface area contributed by atoms with Crippen LogP contribution in [0.15, 0.2) is 76.7 Å². The fourth-order valence-corrected chi connectivity index (χ4v) is 3.09. The zero-order valence-corrected chi connectivity index (χ0v) is 13.4. The van der Waals surface area contributed by atoms with E-state index in [0.29, 0.717) is 0 Å². The van der Waals surface area contributed by atoms with E-state index in [9.17, 15) is 8.42 Å². The van der Waals surface area contributed by atoms with Crippen molar-refractivity contribution in [2.45, 2.75) is 11.8 Å². The molecule has 0 aromatic heterocycles. The molecule has 0 radical (unpaired) electrons. The number of nitrogens with one attached hydrogen (secondary N) is 1. The fourth-order valence-electron chi connectivity index (χ4n) is 2.30. The van der Waals surface area contributed by atoms with Gasteiger partial charge in [-0.05, 0) is 29.8 Å². The second-order valence-corrected chi connectivity index (χ2v) is 6.90. The standard InChI is InChI=1S/C18H16N2O2S/c1-14-9-11-17(12-10-14)23(21,22)20-19-13-16-7-4-6-15-5-2-3-8-18(15)16/h2-13,20H,1H3. The lowest BCUT2D eigenvalue weighted by Gasteiger charge is -2.04. The summed E-state index contributed by atoms with van der Waals surface area (Å²) in [5, 5.41) is 6.00. The molecule has 0 amide bonds. The maximum absolute atomic E-state index is 12.2. The molecule has 0 unspecified atom stereocenters. The highest BCUT2D eigenvalue weighted by molar-refractivity contribution is 7.89. The first-order valence-electron chi connectivity index (χ1n) is 7.15. The summed E-state index contributed by atoms with van der Waals surface area (Å²) in [7, 11) is -3.65. The van der Waals surface area contributed by atoms with Crippen LogP contribution in [0.4, 0.5) is 0 Å². The molecule has 0 aliphatic carbocycles. The first kappa shape index (κ1) is 15.2. The number of rotatable bonds is 4. The van der Waals surface area contributed by atoms with Crippen molar-refractivity contribution in [3.63, 3.8) is 0 Å². The van der Waals surface area contributed by atoms with Crippen molar-refractivity contribution in [3.8, 4) is 0 Å². The van der Waals surface area contributed by atoms with Gasteiger partial charge in [0.05, 0.1) is 11.1 Å². The molecule has 116 valence electrons. The Morgan fingerprint density at radius 3 is 2.39 bits per heavy atom. The lowest BCUT2D eigenvalue weighted by Crippen LogP contribution is -2.18. The lowest BCUT2D eigenvalue weighted by atomic mass is 10.1. The monoisotopic (exact) mass is 324 g/mol. The van der Waals surface area contributed by atoms with Gasteiger partial charge in [-0.3, -0.25) is 0 Å². The van der Waals surface area contributed by atoms with Crippen molar-refractivity contribution < 1.29 is 8.42 Å². The van der Waals surface area contributed by atoms with E-state index in [1.807, 2.05) is 49.4 Å². The van der Waals surface area contributed by atoms with Crippen molar-refractivity contribution in [1.82, 2.24) is 4.83 Å². The van der Waals surface area contributed by atoms with E-state index in [0.717, 1.165) is 21.9 Å². The number of hydrogen-bond acceptors (Lipinski definition) is 3. The summed E-state index contributed by atoms with van der Waals surface area (Å²) < 4.78 is 24.3. The molecular weight excluding hydrogens is 308 g/mol. The average molecular weight is 324 g/mol. The maximum atomic E-state index is 12.2. The van der Waals surface area contributed by atoms with E-state index < -0.39 is 10.0 Å². The van der Waals surface area contributed by atoms with Crippen LogP contribution in [0.1, 0.15) is 11.1 Å². The fraction of sp³-hybridized carbons (Fsp3) is 0.0556. The Labute approximate surface area is 135 Å². The van der Waals surface area contributed by atoms with E-state index in [2.05, 4.69) is 9.93 Å². The minimum Gasteiger partial charge on any atom is -0.200 e. The molecule has 0 bridgehead atoms. The highest BCUT2D eigenvalue weighted by Gasteiger charge is 2.11. The van der Waals surface area contributed by atoms with Crippen molar-refractivity contribution in [2.24, 2.45) is 5.10 Å². The number of hydrazone groups is 1. The van der Waals surface area contributed by atoms with Crippen LogP contribution < -0.4 is 4.83 Å². The first-order chi connectivity index (χ1) is 11.1. The molecule has 0 aliphatic heterocycles. The Bertz CT molecular complexity index is 956. The number of hydrogen-bond donors (Lipinski definition) is 1. The van der Waals surface area contributed by atoms with Crippen LogP contribution in [0, 0.1) is 6.92 Å². The van der Waals surface area contributed by atoms with Gasteiger partial charge in [-0.15, -0.1) is 0 Å². The minimum absolute atomic E-state index is 0.193. The van der Waals surface area contributed by atoms with Gasteiger partial charge in [0, 0.05) is 5.56 Å². The first-order valence-corrected chi connectivity index (χ1v) is 8.64. The second kappa shape index (κ2) is 6.22. The van der Waals surface area contributed by atoms with Crippen molar-refractivity contribution >= 4 is 27.0 Å². The van der Waals surface area contributed by atoms with Crippen molar-refractivity contribution in [3.05, 3.63) is 77.9 Å². The van der Waals surface area contributed by atoms with Gasteiger partial charge in [0.15, 0.2) is 0 Å². The maximum Gasteiger partial charge on any atom is 0.276 e. The normalized spacial score (nSPS) is 11.9. The summed E-state index contributed by atoms with van der Waals surface area (Å²) in [6.45, 7) is 1.91. The molecule has 0 saturated heterocycles. The molecule has 0 spiro atoms. The van der Waals surface area contributed by atoms with Crippen LogP contribution in [0.5, 0.6) is 0 Å². The van der Waals surface area contributed by atoms with Crippen molar-refractivity contribution in [1.29, 1.82) is 0 Å². The molecule has 0 heterocycles. The van der Waals surface area contributed by atoms with Gasteiger partial charge in [0.1, 0.15) is 0 Å². The van der Waals surface area contributed by atoms with E-state index in [1.165, 1.54) is 6.21 Å². The third-order valence-corrected chi connectivity index (χ3v) is 4.77. The van der Waals surface area contributed by atoms with E-state index in [-0.39, 0.29) is 4.90 Å². The molecular formula is C18H16N2O2S. The van der Waals surface area contributed by atoms with Gasteiger partial charge in [0.25, 0.3) is 10.0 Å². The summed E-state index contributed by atoms with van der Waals surface area (Å²) in [5.74, 6) is 0. The smallest absolute Gasteiger partial charge is 0.200 e. The Hall–Kier alpha value is -2.66. The molecule has 0 fully saturated rings. The highest BCUT2D eigenvalue weighted by atomic mass is 32.2. The molecule has 5 heteroatoms. The predicted molar refractivity (Wildman–Crippen MR) is 93.0 cm³/mol. The van der Waals surface area contributed by atoms with Gasteiger partial charge in [-0.25, -0.2) is 4.83 Å². The van der Waals surface area contributed by atoms with Gasteiger partial charge in [-0.1, -0.05) is 60.2 Å². The SMILES string of the molecule is Cc1ccc(S(=O)(=O)NN=Cc2cccc3ccccc23)cc1. The quantitative estimate of drug-likeness (QED) is 0.590. The Morgan fingerprint density at radius 1 is 0.913 bits per heavy atom. The molecule has 3 aromatic rings. The summed E-state index contributed by atoms with van der Waals surface area (Å²) >= 11 is 0. The Morgan fingerprint density at radius 2 is 1.61 bits per heavy atom. The summed E-state index contributed by atoms with van der Waals surface area (Å²) in [6, 6.07) is 20.3. The van der Waals surface area contributed by atoms with Crippen LogP contribution in [0.25, 0.3) is 10.8 Å². The zero-order valence-electron chi connectivity index (χ0n) is 12.6. The molecule has 23 heavy (non-hydrogen) atoms. The Balaban J connectivity index is 1.84. The lowest BCUT2D eigenvalue weighted by molar-refractivity contribution is 0.584. The average Bonchev–Trinajstić information content (AvgIpc) is 2.55. The van der Waals surface area contributed by atoms with Crippen LogP contribution in [0.3, 0.4) is 0 Å². The molecule has 0 aliphatic rings. The van der Waals surface area contributed by atoms with Crippen LogP contribution in [-0.2, 0) is 10.0 Å². The molecule has 3 aromatic carbocycles.